The van der Waals surface area contributed by atoms with Gasteiger partial charge in [-0.05, 0) is 49.5 Å². The molecule has 1 aliphatic rings. The molecule has 3 nitrogen and oxygen atoms in total. The number of sulfone groups is 1. The van der Waals surface area contributed by atoms with Crippen LogP contribution in [0.4, 0.5) is 0 Å². The molecule has 0 unspecified atom stereocenters. The van der Waals surface area contributed by atoms with E-state index in [9.17, 15) is 8.42 Å². The zero-order valence-corrected chi connectivity index (χ0v) is 10.3. The predicted molar refractivity (Wildman–Crippen MR) is 64.4 cm³/mol. The third kappa shape index (κ3) is 2.62. The van der Waals surface area contributed by atoms with E-state index in [4.69, 9.17) is 0 Å². The largest absolute Gasteiger partial charge is 0.317 e. The first-order chi connectivity index (χ1) is 7.57. The van der Waals surface area contributed by atoms with Crippen molar-refractivity contribution >= 4 is 9.84 Å². The summed E-state index contributed by atoms with van der Waals surface area (Å²) in [6, 6.07) is 7.33. The van der Waals surface area contributed by atoms with E-state index in [-0.39, 0.29) is 0 Å². The van der Waals surface area contributed by atoms with Crippen LogP contribution in [0.3, 0.4) is 0 Å². The molecule has 1 saturated heterocycles. The summed E-state index contributed by atoms with van der Waals surface area (Å²) in [4.78, 5) is 0.408. The van der Waals surface area contributed by atoms with Crippen molar-refractivity contribution in [2.45, 2.75) is 23.7 Å². The number of benzene rings is 1. The second kappa shape index (κ2) is 4.55. The third-order valence-corrected chi connectivity index (χ3v) is 4.25. The van der Waals surface area contributed by atoms with Crippen LogP contribution in [0, 0.1) is 0 Å². The highest BCUT2D eigenvalue weighted by atomic mass is 32.2. The van der Waals surface area contributed by atoms with Crippen molar-refractivity contribution in [1.82, 2.24) is 5.32 Å². The maximum absolute atomic E-state index is 11.3. The molecule has 1 fully saturated rings. The lowest BCUT2D eigenvalue weighted by atomic mass is 9.90. The molecule has 88 valence electrons. The van der Waals surface area contributed by atoms with Gasteiger partial charge in [-0.3, -0.25) is 0 Å². The van der Waals surface area contributed by atoms with Gasteiger partial charge in [0.05, 0.1) is 4.90 Å². The fourth-order valence-electron chi connectivity index (χ4n) is 2.14. The quantitative estimate of drug-likeness (QED) is 0.852. The molecule has 0 saturated carbocycles. The Kier molecular flexibility index (Phi) is 3.30. The van der Waals surface area contributed by atoms with Gasteiger partial charge in [0.1, 0.15) is 0 Å². The Bertz CT molecular complexity index is 444. The van der Waals surface area contributed by atoms with Crippen molar-refractivity contribution in [3.8, 4) is 0 Å². The first-order valence-electron chi connectivity index (χ1n) is 5.58. The minimum absolute atomic E-state index is 0.408. The average molecular weight is 239 g/mol. The summed E-state index contributed by atoms with van der Waals surface area (Å²) in [7, 11) is -3.06. The monoisotopic (exact) mass is 239 g/mol. The lowest BCUT2D eigenvalue weighted by Crippen LogP contribution is -2.26. The summed E-state index contributed by atoms with van der Waals surface area (Å²) in [5.41, 5.74) is 1.26. The van der Waals surface area contributed by atoms with E-state index >= 15 is 0 Å². The van der Waals surface area contributed by atoms with Crippen molar-refractivity contribution < 1.29 is 8.42 Å². The molecule has 1 aliphatic heterocycles. The highest BCUT2D eigenvalue weighted by Gasteiger charge is 2.15. The molecule has 0 spiro atoms. The molecule has 1 aromatic carbocycles. The summed E-state index contributed by atoms with van der Waals surface area (Å²) >= 11 is 0. The van der Waals surface area contributed by atoms with E-state index in [0.29, 0.717) is 10.8 Å². The van der Waals surface area contributed by atoms with Crippen LogP contribution in [-0.4, -0.2) is 27.8 Å². The Morgan fingerprint density at radius 2 is 1.69 bits per heavy atom. The highest BCUT2D eigenvalue weighted by molar-refractivity contribution is 7.90. The van der Waals surface area contributed by atoms with Crippen LogP contribution in [0.2, 0.25) is 0 Å². The second-order valence-corrected chi connectivity index (χ2v) is 6.38. The maximum atomic E-state index is 11.3. The molecular formula is C12H17NO2S. The standard InChI is InChI=1S/C12H17NO2S/c1-16(14,15)12-4-2-10(3-5-12)11-6-8-13-9-7-11/h2-5,11,13H,6-9H2,1H3. The van der Waals surface area contributed by atoms with Gasteiger partial charge in [-0.1, -0.05) is 12.1 Å². The van der Waals surface area contributed by atoms with Crippen molar-refractivity contribution in [3.05, 3.63) is 29.8 Å². The van der Waals surface area contributed by atoms with E-state index in [2.05, 4.69) is 5.32 Å². The Labute approximate surface area is 96.8 Å². The summed E-state index contributed by atoms with van der Waals surface area (Å²) < 4.78 is 22.6. The van der Waals surface area contributed by atoms with Crippen LogP contribution in [-0.2, 0) is 9.84 Å². The first-order valence-corrected chi connectivity index (χ1v) is 7.47. The van der Waals surface area contributed by atoms with Gasteiger partial charge in [0, 0.05) is 6.26 Å². The SMILES string of the molecule is CS(=O)(=O)c1ccc(C2CCNCC2)cc1. The van der Waals surface area contributed by atoms with Crippen LogP contribution in [0.1, 0.15) is 24.3 Å². The van der Waals surface area contributed by atoms with E-state index in [0.717, 1.165) is 25.9 Å². The number of hydrogen-bond donors (Lipinski definition) is 1. The van der Waals surface area contributed by atoms with Gasteiger partial charge in [-0.15, -0.1) is 0 Å². The van der Waals surface area contributed by atoms with Crippen molar-refractivity contribution in [2.24, 2.45) is 0 Å². The molecule has 0 aromatic heterocycles. The Hall–Kier alpha value is -0.870. The smallest absolute Gasteiger partial charge is 0.175 e. The molecule has 16 heavy (non-hydrogen) atoms. The van der Waals surface area contributed by atoms with Crippen LogP contribution in [0.25, 0.3) is 0 Å². The van der Waals surface area contributed by atoms with Gasteiger partial charge >= 0.3 is 0 Å². The van der Waals surface area contributed by atoms with Gasteiger partial charge in [-0.2, -0.15) is 0 Å². The van der Waals surface area contributed by atoms with E-state index in [1.165, 1.54) is 11.8 Å². The number of rotatable bonds is 2. The topological polar surface area (TPSA) is 46.2 Å². The van der Waals surface area contributed by atoms with Gasteiger partial charge in [0.2, 0.25) is 0 Å². The minimum atomic E-state index is -3.06. The summed E-state index contributed by atoms with van der Waals surface area (Å²) in [6.07, 6.45) is 3.52. The van der Waals surface area contributed by atoms with Crippen LogP contribution < -0.4 is 5.32 Å². The van der Waals surface area contributed by atoms with Crippen molar-refractivity contribution in [3.63, 3.8) is 0 Å². The van der Waals surface area contributed by atoms with Gasteiger partial charge in [0.25, 0.3) is 0 Å². The minimum Gasteiger partial charge on any atom is -0.317 e. The molecule has 0 amide bonds. The maximum Gasteiger partial charge on any atom is 0.175 e. The molecule has 1 heterocycles. The molecule has 1 aromatic rings. The second-order valence-electron chi connectivity index (χ2n) is 4.37. The zero-order valence-electron chi connectivity index (χ0n) is 9.44. The van der Waals surface area contributed by atoms with Gasteiger partial charge in [-0.25, -0.2) is 8.42 Å². The molecular weight excluding hydrogens is 222 g/mol. The fourth-order valence-corrected chi connectivity index (χ4v) is 2.77. The van der Waals surface area contributed by atoms with E-state index in [1.807, 2.05) is 12.1 Å². The van der Waals surface area contributed by atoms with Crippen LogP contribution in [0.15, 0.2) is 29.2 Å². The lowest BCUT2D eigenvalue weighted by molar-refractivity contribution is 0.460. The predicted octanol–water partition coefficient (Wildman–Crippen LogP) is 1.56. The molecule has 0 aliphatic carbocycles. The average Bonchev–Trinajstić information content (AvgIpc) is 2.29. The molecule has 2 rings (SSSR count). The molecule has 4 heteroatoms. The van der Waals surface area contributed by atoms with E-state index < -0.39 is 9.84 Å². The number of piperidine rings is 1. The molecule has 0 bridgehead atoms. The summed E-state index contributed by atoms with van der Waals surface area (Å²) in [6.45, 7) is 2.11. The Morgan fingerprint density at radius 1 is 1.12 bits per heavy atom. The zero-order chi connectivity index (χ0) is 11.6. The summed E-state index contributed by atoms with van der Waals surface area (Å²) in [5.74, 6) is 0.579. The number of hydrogen-bond acceptors (Lipinski definition) is 3. The fraction of sp³-hybridized carbons (Fsp3) is 0.500. The molecule has 0 radical (unpaired) electrons. The van der Waals surface area contributed by atoms with Gasteiger partial charge in [0.15, 0.2) is 9.84 Å². The third-order valence-electron chi connectivity index (χ3n) is 3.12. The first kappa shape index (κ1) is 11.6. The molecule has 0 atom stereocenters. The molecule has 1 N–H and O–H groups in total. The Morgan fingerprint density at radius 3 is 2.19 bits per heavy atom. The van der Waals surface area contributed by atoms with E-state index in [1.54, 1.807) is 12.1 Å². The van der Waals surface area contributed by atoms with Crippen LogP contribution in [0.5, 0.6) is 0 Å². The highest BCUT2D eigenvalue weighted by Crippen LogP contribution is 2.25. The normalized spacial score (nSPS) is 18.6. The number of nitrogens with one attached hydrogen (secondary N) is 1. The Balaban J connectivity index is 2.18. The lowest BCUT2D eigenvalue weighted by Gasteiger charge is -2.23. The summed E-state index contributed by atoms with van der Waals surface area (Å²) in [5, 5.41) is 3.32. The van der Waals surface area contributed by atoms with Gasteiger partial charge < -0.3 is 5.32 Å². The van der Waals surface area contributed by atoms with Crippen molar-refractivity contribution in [2.75, 3.05) is 19.3 Å². The van der Waals surface area contributed by atoms with Crippen molar-refractivity contribution in [1.29, 1.82) is 0 Å². The van der Waals surface area contributed by atoms with Crippen LogP contribution >= 0.6 is 0 Å².